The number of aromatic amines is 1. The lowest BCUT2D eigenvalue weighted by Crippen LogP contribution is -2.14. The number of carbonyl (C=O) groups excluding carboxylic acids is 1. The van der Waals surface area contributed by atoms with Gasteiger partial charge in [0.1, 0.15) is 0 Å². The quantitative estimate of drug-likeness (QED) is 0.850. The summed E-state index contributed by atoms with van der Waals surface area (Å²) in [5, 5.41) is 13.6. The number of hydrogen-bond donors (Lipinski definition) is 2. The van der Waals surface area contributed by atoms with Crippen LogP contribution in [-0.2, 0) is 7.05 Å². The van der Waals surface area contributed by atoms with E-state index in [0.29, 0.717) is 23.0 Å². The second kappa shape index (κ2) is 4.52. The Morgan fingerprint density at radius 3 is 2.72 bits per heavy atom. The van der Waals surface area contributed by atoms with E-state index in [-0.39, 0.29) is 5.91 Å². The summed E-state index contributed by atoms with van der Waals surface area (Å²) < 4.78 is 6.62. The van der Waals surface area contributed by atoms with E-state index in [4.69, 9.17) is 4.74 Å². The molecule has 0 saturated carbocycles. The lowest BCUT2D eigenvalue weighted by atomic mass is 10.2. The highest BCUT2D eigenvalue weighted by molar-refractivity contribution is 6.05. The van der Waals surface area contributed by atoms with Crippen molar-refractivity contribution < 1.29 is 9.53 Å². The molecule has 0 unspecified atom stereocenters. The van der Waals surface area contributed by atoms with Crippen molar-refractivity contribution in [1.82, 2.24) is 20.0 Å². The summed E-state index contributed by atoms with van der Waals surface area (Å²) >= 11 is 0. The third-order valence-corrected chi connectivity index (χ3v) is 2.64. The van der Waals surface area contributed by atoms with Crippen LogP contribution in [-0.4, -0.2) is 33.0 Å². The zero-order valence-corrected chi connectivity index (χ0v) is 10.7. The predicted octanol–water partition coefficient (Wildman–Crippen LogP) is 1.02. The van der Waals surface area contributed by atoms with Crippen molar-refractivity contribution in [3.05, 3.63) is 23.0 Å². The smallest absolute Gasteiger partial charge is 0.260 e. The highest BCUT2D eigenvalue weighted by Crippen LogP contribution is 2.17. The van der Waals surface area contributed by atoms with Crippen LogP contribution >= 0.6 is 0 Å². The average molecular weight is 249 g/mol. The lowest BCUT2D eigenvalue weighted by Gasteiger charge is -2.01. The maximum atomic E-state index is 12.1. The van der Waals surface area contributed by atoms with Crippen molar-refractivity contribution in [3.8, 4) is 5.88 Å². The Balaban J connectivity index is 2.21. The predicted molar refractivity (Wildman–Crippen MR) is 65.8 cm³/mol. The van der Waals surface area contributed by atoms with E-state index in [2.05, 4.69) is 20.6 Å². The van der Waals surface area contributed by atoms with Gasteiger partial charge in [-0.1, -0.05) is 0 Å². The molecular formula is C11H15N5O2. The summed E-state index contributed by atoms with van der Waals surface area (Å²) in [4.78, 5) is 12.1. The lowest BCUT2D eigenvalue weighted by molar-refractivity contribution is 0.102. The molecule has 2 aromatic rings. The first-order valence-electron chi connectivity index (χ1n) is 5.44. The first-order valence-corrected chi connectivity index (χ1v) is 5.44. The van der Waals surface area contributed by atoms with E-state index in [1.807, 2.05) is 0 Å². The normalized spacial score (nSPS) is 10.4. The number of ether oxygens (including phenoxy) is 1. The van der Waals surface area contributed by atoms with Gasteiger partial charge in [0.2, 0.25) is 5.88 Å². The molecule has 2 heterocycles. The largest absolute Gasteiger partial charge is 0.481 e. The third-order valence-electron chi connectivity index (χ3n) is 2.64. The number of amides is 1. The monoisotopic (exact) mass is 249 g/mol. The Bertz CT molecular complexity index is 565. The van der Waals surface area contributed by atoms with E-state index >= 15 is 0 Å². The van der Waals surface area contributed by atoms with E-state index in [1.54, 1.807) is 38.8 Å². The SMILES string of the molecule is COc1cc(NC(=O)c2c(C)n[nH]c2C)nn1C. The standard InChI is InChI=1S/C11H15N5O2/c1-6-10(7(2)14-13-6)11(17)12-8-5-9(18-4)16(3)15-8/h5H,1-4H3,(H,13,14)(H,12,15,17). The van der Waals surface area contributed by atoms with Gasteiger partial charge in [-0.15, -0.1) is 0 Å². The van der Waals surface area contributed by atoms with Gasteiger partial charge >= 0.3 is 0 Å². The molecule has 7 nitrogen and oxygen atoms in total. The van der Waals surface area contributed by atoms with Crippen LogP contribution in [0.4, 0.5) is 5.82 Å². The third kappa shape index (κ3) is 2.06. The number of nitrogens with zero attached hydrogens (tertiary/aromatic N) is 3. The van der Waals surface area contributed by atoms with Crippen LogP contribution in [0.3, 0.4) is 0 Å². The summed E-state index contributed by atoms with van der Waals surface area (Å²) in [5.74, 6) is 0.782. The van der Waals surface area contributed by atoms with Gasteiger partial charge < -0.3 is 10.1 Å². The summed E-state index contributed by atoms with van der Waals surface area (Å²) in [6.07, 6.45) is 0. The van der Waals surface area contributed by atoms with Crippen LogP contribution < -0.4 is 10.1 Å². The topological polar surface area (TPSA) is 84.8 Å². The minimum absolute atomic E-state index is 0.237. The van der Waals surface area contributed by atoms with Crippen LogP contribution in [0.2, 0.25) is 0 Å². The van der Waals surface area contributed by atoms with Gasteiger partial charge in [-0.05, 0) is 13.8 Å². The van der Waals surface area contributed by atoms with Crippen molar-refractivity contribution in [1.29, 1.82) is 0 Å². The molecule has 2 rings (SSSR count). The van der Waals surface area contributed by atoms with Gasteiger partial charge in [0.25, 0.3) is 5.91 Å². The molecule has 0 aliphatic carbocycles. The highest BCUT2D eigenvalue weighted by Gasteiger charge is 2.17. The fourth-order valence-corrected chi connectivity index (χ4v) is 1.77. The molecule has 1 amide bonds. The molecule has 0 aromatic carbocycles. The maximum absolute atomic E-state index is 12.1. The van der Waals surface area contributed by atoms with Gasteiger partial charge in [0.05, 0.1) is 18.4 Å². The molecule has 96 valence electrons. The van der Waals surface area contributed by atoms with Crippen LogP contribution in [0.1, 0.15) is 21.7 Å². The number of rotatable bonds is 3. The Labute approximate surface area is 104 Å². The van der Waals surface area contributed by atoms with Crippen molar-refractivity contribution in [3.63, 3.8) is 0 Å². The first-order chi connectivity index (χ1) is 8.52. The Kier molecular flexibility index (Phi) is 3.05. The minimum Gasteiger partial charge on any atom is -0.481 e. The van der Waals surface area contributed by atoms with Crippen molar-refractivity contribution in [2.45, 2.75) is 13.8 Å². The van der Waals surface area contributed by atoms with Crippen molar-refractivity contribution in [2.75, 3.05) is 12.4 Å². The van der Waals surface area contributed by atoms with E-state index in [1.165, 1.54) is 0 Å². The molecule has 0 spiro atoms. The number of aromatic nitrogens is 4. The maximum Gasteiger partial charge on any atom is 0.260 e. The van der Waals surface area contributed by atoms with Crippen LogP contribution in [0.5, 0.6) is 5.88 Å². The molecule has 0 aliphatic rings. The Hall–Kier alpha value is -2.31. The first kappa shape index (κ1) is 12.2. The molecule has 0 fully saturated rings. The highest BCUT2D eigenvalue weighted by atomic mass is 16.5. The number of aryl methyl sites for hydroxylation is 3. The molecule has 0 atom stereocenters. The number of anilines is 1. The molecule has 0 radical (unpaired) electrons. The molecular weight excluding hydrogens is 234 g/mol. The molecule has 2 N–H and O–H groups in total. The van der Waals surface area contributed by atoms with Crippen molar-refractivity contribution in [2.24, 2.45) is 7.05 Å². The molecule has 18 heavy (non-hydrogen) atoms. The average Bonchev–Trinajstić information content (AvgIpc) is 2.82. The zero-order chi connectivity index (χ0) is 13.3. The van der Waals surface area contributed by atoms with Gasteiger partial charge in [0.15, 0.2) is 5.82 Å². The number of methoxy groups -OCH3 is 1. The van der Waals surface area contributed by atoms with E-state index in [0.717, 1.165) is 5.69 Å². The molecule has 0 aliphatic heterocycles. The van der Waals surface area contributed by atoms with Crippen molar-refractivity contribution >= 4 is 11.7 Å². The molecule has 0 bridgehead atoms. The van der Waals surface area contributed by atoms with Gasteiger partial charge in [-0.2, -0.15) is 10.2 Å². The van der Waals surface area contributed by atoms with Crippen LogP contribution in [0.15, 0.2) is 6.07 Å². The minimum atomic E-state index is -0.237. The van der Waals surface area contributed by atoms with Gasteiger partial charge in [-0.3, -0.25) is 9.89 Å². The molecule has 2 aromatic heterocycles. The number of carbonyl (C=O) groups is 1. The fourth-order valence-electron chi connectivity index (χ4n) is 1.77. The number of hydrogen-bond acceptors (Lipinski definition) is 4. The summed E-state index contributed by atoms with van der Waals surface area (Å²) in [6.45, 7) is 3.57. The zero-order valence-electron chi connectivity index (χ0n) is 10.7. The summed E-state index contributed by atoms with van der Waals surface area (Å²) in [7, 11) is 3.29. The summed E-state index contributed by atoms with van der Waals surface area (Å²) in [6, 6.07) is 1.66. The molecule has 7 heteroatoms. The Morgan fingerprint density at radius 2 is 2.22 bits per heavy atom. The number of nitrogens with one attached hydrogen (secondary N) is 2. The van der Waals surface area contributed by atoms with Crippen LogP contribution in [0.25, 0.3) is 0 Å². The summed E-state index contributed by atoms with van der Waals surface area (Å²) in [5.41, 5.74) is 1.93. The fraction of sp³-hybridized carbons (Fsp3) is 0.364. The second-order valence-corrected chi connectivity index (χ2v) is 3.96. The van der Waals surface area contributed by atoms with E-state index < -0.39 is 0 Å². The molecule has 0 saturated heterocycles. The van der Waals surface area contributed by atoms with Crippen LogP contribution in [0, 0.1) is 13.8 Å². The number of H-pyrrole nitrogens is 1. The Morgan fingerprint density at radius 1 is 1.50 bits per heavy atom. The van der Waals surface area contributed by atoms with Gasteiger partial charge in [-0.25, -0.2) is 4.68 Å². The van der Waals surface area contributed by atoms with E-state index in [9.17, 15) is 4.79 Å². The second-order valence-electron chi connectivity index (χ2n) is 3.96. The van der Waals surface area contributed by atoms with Gasteiger partial charge in [0, 0.05) is 18.8 Å².